The molecule has 0 saturated carbocycles. The monoisotopic (exact) mass is 373 g/mol. The lowest BCUT2D eigenvalue weighted by Gasteiger charge is -2.14. The molecule has 0 heterocycles. The molecule has 106 valence electrons. The van der Waals surface area contributed by atoms with Gasteiger partial charge in [-0.25, -0.2) is 0 Å². The van der Waals surface area contributed by atoms with Gasteiger partial charge in [0, 0.05) is 6.04 Å². The Morgan fingerprint density at radius 2 is 1.90 bits per heavy atom. The zero-order valence-corrected chi connectivity index (χ0v) is 14.0. The van der Waals surface area contributed by atoms with Gasteiger partial charge in [0.25, 0.3) is 0 Å². The number of ether oxygens (including phenoxy) is 1. The van der Waals surface area contributed by atoms with Gasteiger partial charge in [-0.2, -0.15) is 0 Å². The lowest BCUT2D eigenvalue weighted by molar-refractivity contribution is 0.412. The molecule has 2 aromatic rings. The van der Waals surface area contributed by atoms with Crippen molar-refractivity contribution in [3.63, 3.8) is 0 Å². The predicted molar refractivity (Wildman–Crippen MR) is 87.8 cm³/mol. The summed E-state index contributed by atoms with van der Waals surface area (Å²) >= 11 is 15.4. The third-order valence-corrected chi connectivity index (χ3v) is 4.40. The molecule has 2 rings (SSSR count). The van der Waals surface area contributed by atoms with Crippen molar-refractivity contribution in [3.8, 4) is 5.75 Å². The minimum atomic E-state index is -0.134. The fourth-order valence-electron chi connectivity index (χ4n) is 1.95. The summed E-state index contributed by atoms with van der Waals surface area (Å²) in [6.07, 6.45) is 0.709. The van der Waals surface area contributed by atoms with Gasteiger partial charge in [0.05, 0.1) is 21.6 Å². The highest BCUT2D eigenvalue weighted by molar-refractivity contribution is 9.10. The molecule has 2 N–H and O–H groups in total. The Labute approximate surface area is 137 Å². The smallest absolute Gasteiger partial charge is 0.133 e. The van der Waals surface area contributed by atoms with Gasteiger partial charge in [-0.1, -0.05) is 35.3 Å². The van der Waals surface area contributed by atoms with Crippen LogP contribution in [0.4, 0.5) is 0 Å². The summed E-state index contributed by atoms with van der Waals surface area (Å²) in [7, 11) is 1.64. The van der Waals surface area contributed by atoms with E-state index in [0.717, 1.165) is 21.3 Å². The highest BCUT2D eigenvalue weighted by atomic mass is 79.9. The summed E-state index contributed by atoms with van der Waals surface area (Å²) in [5.74, 6) is 0.803. The van der Waals surface area contributed by atoms with Crippen LogP contribution < -0.4 is 10.5 Å². The van der Waals surface area contributed by atoms with Crippen LogP contribution in [-0.2, 0) is 6.42 Å². The third kappa shape index (κ3) is 3.67. The van der Waals surface area contributed by atoms with E-state index in [1.807, 2.05) is 30.3 Å². The van der Waals surface area contributed by atoms with Crippen molar-refractivity contribution in [1.29, 1.82) is 0 Å². The van der Waals surface area contributed by atoms with Crippen LogP contribution in [0.25, 0.3) is 0 Å². The van der Waals surface area contributed by atoms with E-state index < -0.39 is 0 Å². The summed E-state index contributed by atoms with van der Waals surface area (Å²) in [5, 5.41) is 1.06. The minimum Gasteiger partial charge on any atom is -0.496 e. The van der Waals surface area contributed by atoms with E-state index >= 15 is 0 Å². The zero-order valence-electron chi connectivity index (χ0n) is 10.9. The molecule has 0 aromatic heterocycles. The molecule has 0 amide bonds. The van der Waals surface area contributed by atoms with E-state index in [0.29, 0.717) is 16.5 Å². The molecule has 5 heteroatoms. The van der Waals surface area contributed by atoms with Gasteiger partial charge in [0.15, 0.2) is 0 Å². The number of hydrogen-bond donors (Lipinski definition) is 1. The lowest BCUT2D eigenvalue weighted by Crippen LogP contribution is -2.13. The second kappa shape index (κ2) is 6.81. The lowest BCUT2D eigenvalue weighted by atomic mass is 10.00. The van der Waals surface area contributed by atoms with Gasteiger partial charge < -0.3 is 10.5 Å². The Morgan fingerprint density at radius 1 is 1.15 bits per heavy atom. The number of benzene rings is 2. The standard InChI is InChI=1S/C15H14BrCl2NO/c1-20-15-5-2-9(6-11(15)16)7-14(19)10-3-4-12(17)13(18)8-10/h2-6,8,14H,7,19H2,1H3. The first-order chi connectivity index (χ1) is 9.51. The largest absolute Gasteiger partial charge is 0.496 e. The van der Waals surface area contributed by atoms with E-state index in [9.17, 15) is 0 Å². The van der Waals surface area contributed by atoms with Crippen LogP contribution in [0, 0.1) is 0 Å². The normalized spacial score (nSPS) is 12.2. The minimum absolute atomic E-state index is 0.134. The summed E-state index contributed by atoms with van der Waals surface area (Å²) in [5.41, 5.74) is 8.30. The number of rotatable bonds is 4. The van der Waals surface area contributed by atoms with E-state index in [1.54, 1.807) is 13.2 Å². The molecule has 0 bridgehead atoms. The Bertz CT molecular complexity index is 619. The van der Waals surface area contributed by atoms with Crippen LogP contribution in [0.3, 0.4) is 0 Å². The van der Waals surface area contributed by atoms with Crippen molar-refractivity contribution in [2.75, 3.05) is 7.11 Å². The molecule has 0 aliphatic heterocycles. The number of halogens is 3. The van der Waals surface area contributed by atoms with Gasteiger partial charge in [0.1, 0.15) is 5.75 Å². The fraction of sp³-hybridized carbons (Fsp3) is 0.200. The summed E-state index contributed by atoms with van der Waals surface area (Å²) in [4.78, 5) is 0. The second-order valence-electron chi connectivity index (χ2n) is 4.45. The van der Waals surface area contributed by atoms with Gasteiger partial charge >= 0.3 is 0 Å². The van der Waals surface area contributed by atoms with Crippen LogP contribution in [0.1, 0.15) is 17.2 Å². The zero-order chi connectivity index (χ0) is 14.7. The molecule has 1 atom stereocenters. The average molecular weight is 375 g/mol. The van der Waals surface area contributed by atoms with Crippen molar-refractivity contribution in [2.24, 2.45) is 5.73 Å². The number of hydrogen-bond acceptors (Lipinski definition) is 2. The summed E-state index contributed by atoms with van der Waals surface area (Å²) in [6.45, 7) is 0. The molecule has 20 heavy (non-hydrogen) atoms. The molecule has 0 radical (unpaired) electrons. The van der Waals surface area contributed by atoms with Gasteiger partial charge in [0.2, 0.25) is 0 Å². The highest BCUT2D eigenvalue weighted by Gasteiger charge is 2.10. The Kier molecular flexibility index (Phi) is 5.33. The molecule has 0 spiro atoms. The maximum atomic E-state index is 6.22. The van der Waals surface area contributed by atoms with Crippen LogP contribution in [0.5, 0.6) is 5.75 Å². The van der Waals surface area contributed by atoms with Gasteiger partial charge in [-0.05, 0) is 57.7 Å². The molecular formula is C15H14BrCl2NO. The molecule has 0 aliphatic rings. The molecule has 0 fully saturated rings. The Balaban J connectivity index is 2.16. The topological polar surface area (TPSA) is 35.2 Å². The second-order valence-corrected chi connectivity index (χ2v) is 6.12. The Hall–Kier alpha value is -0.740. The first kappa shape index (κ1) is 15.6. The van der Waals surface area contributed by atoms with Crippen molar-refractivity contribution in [2.45, 2.75) is 12.5 Å². The SMILES string of the molecule is COc1ccc(CC(N)c2ccc(Cl)c(Cl)c2)cc1Br. The van der Waals surface area contributed by atoms with Crippen LogP contribution in [0.2, 0.25) is 10.0 Å². The fourth-order valence-corrected chi connectivity index (χ4v) is 2.85. The Morgan fingerprint density at radius 3 is 2.50 bits per heavy atom. The highest BCUT2D eigenvalue weighted by Crippen LogP contribution is 2.29. The average Bonchev–Trinajstić information content (AvgIpc) is 2.42. The first-order valence-electron chi connectivity index (χ1n) is 6.04. The molecule has 1 unspecified atom stereocenters. The molecule has 0 aliphatic carbocycles. The predicted octanol–water partition coefficient (Wildman–Crippen LogP) is 5.01. The van der Waals surface area contributed by atoms with E-state index in [4.69, 9.17) is 33.7 Å². The molecule has 0 saturated heterocycles. The van der Waals surface area contributed by atoms with Crippen molar-refractivity contribution < 1.29 is 4.74 Å². The van der Waals surface area contributed by atoms with Crippen molar-refractivity contribution in [1.82, 2.24) is 0 Å². The van der Waals surface area contributed by atoms with Crippen LogP contribution in [-0.4, -0.2) is 7.11 Å². The van der Waals surface area contributed by atoms with E-state index in [-0.39, 0.29) is 6.04 Å². The number of methoxy groups -OCH3 is 1. The first-order valence-corrected chi connectivity index (χ1v) is 7.59. The summed E-state index contributed by atoms with van der Waals surface area (Å²) < 4.78 is 6.12. The quantitative estimate of drug-likeness (QED) is 0.816. The third-order valence-electron chi connectivity index (χ3n) is 3.04. The van der Waals surface area contributed by atoms with E-state index in [1.165, 1.54) is 0 Å². The van der Waals surface area contributed by atoms with Crippen LogP contribution in [0.15, 0.2) is 40.9 Å². The summed E-state index contributed by atoms with van der Waals surface area (Å²) in [6, 6.07) is 11.3. The molecular weight excluding hydrogens is 361 g/mol. The van der Waals surface area contributed by atoms with Crippen molar-refractivity contribution in [3.05, 3.63) is 62.0 Å². The van der Waals surface area contributed by atoms with Gasteiger partial charge in [-0.15, -0.1) is 0 Å². The number of nitrogens with two attached hydrogens (primary N) is 1. The maximum Gasteiger partial charge on any atom is 0.133 e. The van der Waals surface area contributed by atoms with E-state index in [2.05, 4.69) is 15.9 Å². The molecule has 2 nitrogen and oxygen atoms in total. The van der Waals surface area contributed by atoms with Gasteiger partial charge in [-0.3, -0.25) is 0 Å². The van der Waals surface area contributed by atoms with Crippen molar-refractivity contribution >= 4 is 39.1 Å². The molecule has 2 aromatic carbocycles. The van der Waals surface area contributed by atoms with Crippen LogP contribution >= 0.6 is 39.1 Å². The maximum absolute atomic E-state index is 6.22.